The summed E-state index contributed by atoms with van der Waals surface area (Å²) in [5.41, 5.74) is 6.71. The molecule has 4 unspecified atom stereocenters. The standard InChI is InChI=1S/C29H37NO10/c1-6-17(3)37-28(34)39-23-14-13-21(16-24(23)40-29(35)38-18(4)7-2)22(25(30)26(31)32)15-19(5)36-27(33)20-11-9-8-10-12-20/h8-14,16-19,22,25H,6-7,15,30H2,1-5H3,(H,31,32)/t17?,18?,19?,22?,25-/m0/s1. The third kappa shape index (κ3) is 9.88. The van der Waals surface area contributed by atoms with Crippen LogP contribution >= 0.6 is 0 Å². The molecule has 0 spiro atoms. The van der Waals surface area contributed by atoms with Gasteiger partial charge in [-0.05, 0) is 69.9 Å². The lowest BCUT2D eigenvalue weighted by atomic mass is 9.87. The molecule has 0 amide bonds. The maximum atomic E-state index is 12.5. The second kappa shape index (κ2) is 15.5. The molecule has 3 N–H and O–H groups in total. The van der Waals surface area contributed by atoms with E-state index < -0.39 is 54.5 Å². The van der Waals surface area contributed by atoms with Gasteiger partial charge in [-0.15, -0.1) is 0 Å². The van der Waals surface area contributed by atoms with Gasteiger partial charge in [0.25, 0.3) is 0 Å². The van der Waals surface area contributed by atoms with Crippen LogP contribution in [0.5, 0.6) is 11.5 Å². The summed E-state index contributed by atoms with van der Waals surface area (Å²) in [6, 6.07) is 11.1. The van der Waals surface area contributed by atoms with E-state index >= 15 is 0 Å². The van der Waals surface area contributed by atoms with Gasteiger partial charge in [-0.25, -0.2) is 14.4 Å². The van der Waals surface area contributed by atoms with Crippen molar-refractivity contribution < 1.29 is 48.0 Å². The predicted molar refractivity (Wildman–Crippen MR) is 144 cm³/mol. The molecule has 2 aromatic rings. The van der Waals surface area contributed by atoms with Crippen LogP contribution in [0.15, 0.2) is 48.5 Å². The van der Waals surface area contributed by atoms with Crippen molar-refractivity contribution in [3.8, 4) is 11.5 Å². The van der Waals surface area contributed by atoms with E-state index in [1.807, 2.05) is 13.8 Å². The van der Waals surface area contributed by atoms with E-state index in [4.69, 9.17) is 29.4 Å². The lowest BCUT2D eigenvalue weighted by Gasteiger charge is -2.25. The average molecular weight is 560 g/mol. The zero-order chi connectivity index (χ0) is 29.8. The normalized spacial score (nSPS) is 14.6. The summed E-state index contributed by atoms with van der Waals surface area (Å²) in [5.74, 6) is -3.10. The molecule has 0 heterocycles. The van der Waals surface area contributed by atoms with E-state index in [2.05, 4.69) is 0 Å². The van der Waals surface area contributed by atoms with Gasteiger partial charge < -0.3 is 34.5 Å². The number of carboxylic acid groups (broad SMARTS) is 1. The molecule has 40 heavy (non-hydrogen) atoms. The largest absolute Gasteiger partial charge is 0.514 e. The van der Waals surface area contributed by atoms with Gasteiger partial charge in [0.05, 0.1) is 5.56 Å². The van der Waals surface area contributed by atoms with E-state index in [0.29, 0.717) is 24.0 Å². The number of ether oxygens (including phenoxy) is 5. The van der Waals surface area contributed by atoms with Crippen molar-refractivity contribution in [1.82, 2.24) is 0 Å². The molecule has 0 saturated carbocycles. The van der Waals surface area contributed by atoms with Gasteiger partial charge in [0, 0.05) is 5.92 Å². The van der Waals surface area contributed by atoms with Crippen molar-refractivity contribution in [2.75, 3.05) is 0 Å². The molecule has 218 valence electrons. The minimum atomic E-state index is -1.40. The van der Waals surface area contributed by atoms with Crippen LogP contribution in [0.3, 0.4) is 0 Å². The maximum Gasteiger partial charge on any atom is 0.514 e. The van der Waals surface area contributed by atoms with Crippen LogP contribution in [0.25, 0.3) is 0 Å². The Kier molecular flexibility index (Phi) is 12.4. The first-order valence-corrected chi connectivity index (χ1v) is 13.1. The van der Waals surface area contributed by atoms with Crippen molar-refractivity contribution >= 4 is 24.2 Å². The number of carbonyl (C=O) groups excluding carboxylic acids is 3. The van der Waals surface area contributed by atoms with Gasteiger partial charge in [-0.2, -0.15) is 0 Å². The summed E-state index contributed by atoms with van der Waals surface area (Å²) in [6.45, 7) is 8.64. The first-order valence-electron chi connectivity index (χ1n) is 13.1. The molecule has 0 saturated heterocycles. The zero-order valence-corrected chi connectivity index (χ0v) is 23.3. The quantitative estimate of drug-likeness (QED) is 0.182. The molecule has 0 aliphatic rings. The van der Waals surface area contributed by atoms with Crippen LogP contribution in [0.2, 0.25) is 0 Å². The Balaban J connectivity index is 2.37. The van der Waals surface area contributed by atoms with E-state index in [1.54, 1.807) is 51.1 Å². The molecule has 11 nitrogen and oxygen atoms in total. The Labute approximate surface area is 233 Å². The number of carboxylic acids is 1. The molecule has 2 aromatic carbocycles. The number of aliphatic carboxylic acids is 1. The van der Waals surface area contributed by atoms with Crippen LogP contribution in [0, 0.1) is 0 Å². The fourth-order valence-corrected chi connectivity index (χ4v) is 3.54. The number of rotatable bonds is 13. The first kappa shape index (κ1) is 32.1. The summed E-state index contributed by atoms with van der Waals surface area (Å²) < 4.78 is 26.4. The smallest absolute Gasteiger partial charge is 0.480 e. The maximum absolute atomic E-state index is 12.5. The highest BCUT2D eigenvalue weighted by molar-refractivity contribution is 5.89. The van der Waals surface area contributed by atoms with Crippen LogP contribution in [0.1, 0.15) is 75.7 Å². The molecule has 0 aromatic heterocycles. The third-order valence-electron chi connectivity index (χ3n) is 6.15. The fourth-order valence-electron chi connectivity index (χ4n) is 3.54. The molecule has 2 rings (SSSR count). The second-order valence-electron chi connectivity index (χ2n) is 9.37. The van der Waals surface area contributed by atoms with E-state index in [9.17, 15) is 24.3 Å². The predicted octanol–water partition coefficient (Wildman–Crippen LogP) is 5.45. The molecule has 5 atom stereocenters. The van der Waals surface area contributed by atoms with Crippen LogP contribution in [0.4, 0.5) is 9.59 Å². The zero-order valence-electron chi connectivity index (χ0n) is 23.3. The first-order chi connectivity index (χ1) is 18.9. The lowest BCUT2D eigenvalue weighted by Crippen LogP contribution is -2.38. The van der Waals surface area contributed by atoms with Crippen LogP contribution in [-0.2, 0) is 19.0 Å². The van der Waals surface area contributed by atoms with Crippen molar-refractivity contribution in [3.63, 3.8) is 0 Å². The van der Waals surface area contributed by atoms with Crippen molar-refractivity contribution in [2.24, 2.45) is 5.73 Å². The Morgan fingerprint density at radius 3 is 1.85 bits per heavy atom. The lowest BCUT2D eigenvalue weighted by molar-refractivity contribution is -0.139. The van der Waals surface area contributed by atoms with Gasteiger partial charge >= 0.3 is 24.2 Å². The highest BCUT2D eigenvalue weighted by Crippen LogP contribution is 2.35. The van der Waals surface area contributed by atoms with Crippen LogP contribution < -0.4 is 15.2 Å². The number of esters is 1. The summed E-state index contributed by atoms with van der Waals surface area (Å²) >= 11 is 0. The van der Waals surface area contributed by atoms with E-state index in [1.165, 1.54) is 18.2 Å². The van der Waals surface area contributed by atoms with Gasteiger partial charge in [0.15, 0.2) is 11.5 Å². The number of hydrogen-bond donors (Lipinski definition) is 2. The Morgan fingerprint density at radius 1 is 0.775 bits per heavy atom. The SMILES string of the molecule is CCC(C)OC(=O)Oc1ccc(C(CC(C)OC(=O)c2ccccc2)[C@H](N)C(=O)O)cc1OC(=O)OC(C)CC. The van der Waals surface area contributed by atoms with Gasteiger partial charge in [-0.3, -0.25) is 4.79 Å². The topological polar surface area (TPSA) is 161 Å². The highest BCUT2D eigenvalue weighted by Gasteiger charge is 2.30. The number of hydrogen-bond acceptors (Lipinski definition) is 10. The van der Waals surface area contributed by atoms with E-state index in [-0.39, 0.29) is 17.9 Å². The van der Waals surface area contributed by atoms with Gasteiger partial charge in [-0.1, -0.05) is 38.1 Å². The summed E-state index contributed by atoms with van der Waals surface area (Å²) in [5, 5.41) is 9.68. The fraction of sp³-hybridized carbons (Fsp3) is 0.448. The Bertz CT molecular complexity index is 1150. The Hall–Kier alpha value is -4.12. The van der Waals surface area contributed by atoms with Crippen LogP contribution in [-0.4, -0.2) is 53.7 Å². The number of carbonyl (C=O) groups is 4. The van der Waals surface area contributed by atoms with Crippen molar-refractivity contribution in [1.29, 1.82) is 0 Å². The van der Waals surface area contributed by atoms with Crippen molar-refractivity contribution in [2.45, 2.75) is 84.2 Å². The number of nitrogens with two attached hydrogens (primary N) is 1. The molecular weight excluding hydrogens is 522 g/mol. The summed E-state index contributed by atoms with van der Waals surface area (Å²) in [4.78, 5) is 49.1. The minimum Gasteiger partial charge on any atom is -0.480 e. The average Bonchev–Trinajstić information content (AvgIpc) is 2.92. The second-order valence-corrected chi connectivity index (χ2v) is 9.37. The summed E-state index contributed by atoms with van der Waals surface area (Å²) in [6.07, 6.45) is -2.52. The monoisotopic (exact) mass is 559 g/mol. The molecule has 0 bridgehead atoms. The van der Waals surface area contributed by atoms with Crippen molar-refractivity contribution in [3.05, 3.63) is 59.7 Å². The highest BCUT2D eigenvalue weighted by atomic mass is 16.7. The number of benzene rings is 2. The molecule has 0 fully saturated rings. The molecule has 11 heteroatoms. The molecular formula is C29H37NO10. The van der Waals surface area contributed by atoms with Gasteiger partial charge in [0.1, 0.15) is 24.4 Å². The Morgan fingerprint density at radius 2 is 1.32 bits per heavy atom. The van der Waals surface area contributed by atoms with E-state index in [0.717, 1.165) is 0 Å². The molecule has 0 aliphatic carbocycles. The summed E-state index contributed by atoms with van der Waals surface area (Å²) in [7, 11) is 0. The molecule has 0 aliphatic heterocycles. The molecule has 0 radical (unpaired) electrons. The third-order valence-corrected chi connectivity index (χ3v) is 6.15. The minimum absolute atomic E-state index is 0.0268. The van der Waals surface area contributed by atoms with Gasteiger partial charge in [0.2, 0.25) is 0 Å².